The summed E-state index contributed by atoms with van der Waals surface area (Å²) in [6.45, 7) is -0.772. The Labute approximate surface area is 156 Å². The third-order valence-electron chi connectivity index (χ3n) is 2.96. The van der Waals surface area contributed by atoms with E-state index in [4.69, 9.17) is 14.7 Å². The van der Waals surface area contributed by atoms with Gasteiger partial charge < -0.3 is 9.47 Å². The van der Waals surface area contributed by atoms with Crippen LogP contribution in [0.15, 0.2) is 46.9 Å². The van der Waals surface area contributed by atoms with Gasteiger partial charge in [0.1, 0.15) is 23.4 Å². The summed E-state index contributed by atoms with van der Waals surface area (Å²) in [5.74, 6) is -1.13. The van der Waals surface area contributed by atoms with Crippen molar-refractivity contribution in [2.75, 3.05) is 13.2 Å². The molecule has 0 radical (unpaired) electrons. The molecule has 7 nitrogen and oxygen atoms in total. The minimum atomic E-state index is -0.619. The first-order valence-electron chi connectivity index (χ1n) is 7.27. The zero-order chi connectivity index (χ0) is 18.9. The predicted octanol–water partition coefficient (Wildman–Crippen LogP) is 2.07. The molecule has 0 fully saturated rings. The number of rotatable bonds is 6. The Kier molecular flexibility index (Phi) is 6.93. The van der Waals surface area contributed by atoms with Crippen LogP contribution >= 0.6 is 15.9 Å². The Balaban J connectivity index is 1.73. The topological polar surface area (TPSA) is 100 Å². The number of amides is 2. The number of ether oxygens (including phenoxy) is 2. The molecule has 0 saturated heterocycles. The van der Waals surface area contributed by atoms with E-state index in [1.165, 1.54) is 18.2 Å². The van der Waals surface area contributed by atoms with Gasteiger partial charge in [-0.3, -0.25) is 20.4 Å². The van der Waals surface area contributed by atoms with Gasteiger partial charge in [0.15, 0.2) is 13.2 Å². The predicted molar refractivity (Wildman–Crippen MR) is 92.5 cm³/mol. The van der Waals surface area contributed by atoms with Crippen molar-refractivity contribution < 1.29 is 23.5 Å². The number of hydrogen-bond acceptors (Lipinski definition) is 5. The molecule has 0 aromatic heterocycles. The minimum absolute atomic E-state index is 0.265. The molecule has 9 heteroatoms. The summed E-state index contributed by atoms with van der Waals surface area (Å²) in [6.07, 6.45) is 0. The zero-order valence-electron chi connectivity index (χ0n) is 13.3. The molecule has 0 unspecified atom stereocenters. The van der Waals surface area contributed by atoms with E-state index < -0.39 is 17.6 Å². The van der Waals surface area contributed by atoms with Crippen molar-refractivity contribution in [2.45, 2.75) is 0 Å². The number of para-hydroxylation sites is 1. The van der Waals surface area contributed by atoms with E-state index in [1.807, 2.05) is 6.07 Å². The lowest BCUT2D eigenvalue weighted by Gasteiger charge is -2.11. The summed E-state index contributed by atoms with van der Waals surface area (Å²) in [7, 11) is 0. The van der Waals surface area contributed by atoms with E-state index in [-0.39, 0.29) is 24.7 Å². The molecule has 2 aromatic rings. The van der Waals surface area contributed by atoms with Gasteiger partial charge in [0.2, 0.25) is 0 Å². The highest BCUT2D eigenvalue weighted by atomic mass is 79.9. The van der Waals surface area contributed by atoms with Crippen molar-refractivity contribution in [3.05, 3.63) is 58.3 Å². The fourth-order valence-electron chi connectivity index (χ4n) is 1.78. The van der Waals surface area contributed by atoms with Crippen molar-refractivity contribution in [3.63, 3.8) is 0 Å². The van der Waals surface area contributed by atoms with E-state index >= 15 is 0 Å². The quantitative estimate of drug-likeness (QED) is 0.695. The van der Waals surface area contributed by atoms with E-state index in [0.29, 0.717) is 10.0 Å². The Hall–Kier alpha value is -3.12. The highest BCUT2D eigenvalue weighted by molar-refractivity contribution is 9.10. The summed E-state index contributed by atoms with van der Waals surface area (Å²) in [4.78, 5) is 23.3. The molecular weight excluding hydrogens is 409 g/mol. The lowest BCUT2D eigenvalue weighted by Crippen LogP contribution is -2.45. The lowest BCUT2D eigenvalue weighted by atomic mass is 10.2. The van der Waals surface area contributed by atoms with Gasteiger partial charge in [-0.2, -0.15) is 5.26 Å². The first kappa shape index (κ1) is 19.2. The van der Waals surface area contributed by atoms with Gasteiger partial charge in [-0.05, 0) is 46.3 Å². The summed E-state index contributed by atoms with van der Waals surface area (Å²) >= 11 is 3.11. The Morgan fingerprint density at radius 3 is 2.27 bits per heavy atom. The monoisotopic (exact) mass is 421 g/mol. The molecule has 0 heterocycles. The summed E-state index contributed by atoms with van der Waals surface area (Å²) < 4.78 is 23.7. The second kappa shape index (κ2) is 9.39. The number of nitrogens with one attached hydrogen (secondary N) is 2. The van der Waals surface area contributed by atoms with Crippen molar-refractivity contribution in [1.29, 1.82) is 5.26 Å². The summed E-state index contributed by atoms with van der Waals surface area (Å²) in [5.41, 5.74) is 4.60. The van der Waals surface area contributed by atoms with Crippen LogP contribution in [0.3, 0.4) is 0 Å². The Bertz CT molecular complexity index is 854. The molecule has 0 atom stereocenters. The van der Waals surface area contributed by atoms with Crippen LogP contribution in [0.25, 0.3) is 0 Å². The van der Waals surface area contributed by atoms with E-state index in [0.717, 1.165) is 0 Å². The van der Waals surface area contributed by atoms with Crippen molar-refractivity contribution in [3.8, 4) is 17.6 Å². The normalized spacial score (nSPS) is 9.73. The van der Waals surface area contributed by atoms with Crippen LogP contribution in [0.5, 0.6) is 11.5 Å². The second-order valence-corrected chi connectivity index (χ2v) is 5.71. The van der Waals surface area contributed by atoms with Crippen LogP contribution in [0.4, 0.5) is 4.39 Å². The van der Waals surface area contributed by atoms with Crippen LogP contribution in [-0.4, -0.2) is 25.0 Å². The van der Waals surface area contributed by atoms with Gasteiger partial charge in [-0.1, -0.05) is 12.1 Å². The van der Waals surface area contributed by atoms with Gasteiger partial charge in [0, 0.05) is 0 Å². The molecule has 2 rings (SSSR count). The van der Waals surface area contributed by atoms with Crippen LogP contribution < -0.4 is 20.3 Å². The number of nitriles is 1. The van der Waals surface area contributed by atoms with Crippen LogP contribution in [0, 0.1) is 17.1 Å². The lowest BCUT2D eigenvalue weighted by molar-refractivity contribution is -0.131. The largest absolute Gasteiger partial charge is 0.483 e. The van der Waals surface area contributed by atoms with Crippen molar-refractivity contribution >= 4 is 27.7 Å². The zero-order valence-corrected chi connectivity index (χ0v) is 14.9. The maximum absolute atomic E-state index is 13.0. The van der Waals surface area contributed by atoms with Crippen LogP contribution in [0.1, 0.15) is 5.56 Å². The molecule has 0 spiro atoms. The number of benzene rings is 2. The van der Waals surface area contributed by atoms with Gasteiger partial charge in [-0.25, -0.2) is 4.39 Å². The van der Waals surface area contributed by atoms with Gasteiger partial charge in [0.05, 0.1) is 10.0 Å². The third kappa shape index (κ3) is 5.75. The third-order valence-corrected chi connectivity index (χ3v) is 3.58. The van der Waals surface area contributed by atoms with Crippen molar-refractivity contribution in [2.24, 2.45) is 0 Å². The maximum atomic E-state index is 13.0. The average Bonchev–Trinajstić information content (AvgIpc) is 2.64. The molecule has 2 aromatic carbocycles. The number of carbonyl (C=O) groups is 2. The molecule has 2 amide bonds. The molecule has 0 bridgehead atoms. The second-order valence-electron chi connectivity index (χ2n) is 4.86. The van der Waals surface area contributed by atoms with Crippen molar-refractivity contribution in [1.82, 2.24) is 10.9 Å². The molecule has 26 heavy (non-hydrogen) atoms. The number of carbonyl (C=O) groups excluding carboxylic acids is 2. The fourth-order valence-corrected chi connectivity index (χ4v) is 2.24. The number of halogens is 2. The molecular formula is C17H13BrFN3O4. The number of hydrogen-bond donors (Lipinski definition) is 2. The fraction of sp³-hybridized carbons (Fsp3) is 0.118. The van der Waals surface area contributed by atoms with Crippen LogP contribution in [-0.2, 0) is 9.59 Å². The molecule has 0 saturated carbocycles. The summed E-state index contributed by atoms with van der Waals surface area (Å²) in [5, 5.41) is 8.92. The Morgan fingerprint density at radius 2 is 1.65 bits per heavy atom. The molecule has 2 N–H and O–H groups in total. The Morgan fingerprint density at radius 1 is 1.04 bits per heavy atom. The van der Waals surface area contributed by atoms with Gasteiger partial charge in [-0.15, -0.1) is 0 Å². The molecule has 134 valence electrons. The van der Waals surface area contributed by atoms with Crippen LogP contribution in [0.2, 0.25) is 0 Å². The molecule has 0 aliphatic rings. The summed E-state index contributed by atoms with van der Waals surface area (Å²) in [6, 6.07) is 12.1. The highest BCUT2D eigenvalue weighted by Gasteiger charge is 2.09. The van der Waals surface area contributed by atoms with E-state index in [9.17, 15) is 14.0 Å². The highest BCUT2D eigenvalue weighted by Crippen LogP contribution is 2.25. The number of nitrogens with zero attached hydrogens (tertiary/aromatic N) is 1. The van der Waals surface area contributed by atoms with E-state index in [1.54, 1.807) is 24.3 Å². The first-order chi connectivity index (χ1) is 12.5. The SMILES string of the molecule is N#Cc1ccccc1OCC(=O)NNC(=O)COc1ccc(F)cc1Br. The van der Waals surface area contributed by atoms with Gasteiger partial charge in [0.25, 0.3) is 11.8 Å². The maximum Gasteiger partial charge on any atom is 0.276 e. The van der Waals surface area contributed by atoms with E-state index in [2.05, 4.69) is 26.8 Å². The minimum Gasteiger partial charge on any atom is -0.483 e. The average molecular weight is 422 g/mol. The smallest absolute Gasteiger partial charge is 0.276 e. The standard InChI is InChI=1S/C17H13BrFN3O4/c18-13-7-12(19)5-6-15(13)26-10-17(24)22-21-16(23)9-25-14-4-2-1-3-11(14)8-20/h1-7H,9-10H2,(H,21,23)(H,22,24). The van der Waals surface area contributed by atoms with Gasteiger partial charge >= 0.3 is 0 Å². The molecule has 0 aliphatic heterocycles. The first-order valence-corrected chi connectivity index (χ1v) is 8.06. The number of hydrazine groups is 1. The molecule has 0 aliphatic carbocycles.